The molecular weight excluding hydrogens is 218 g/mol. The number of hydrogen-bond acceptors (Lipinski definition) is 1. The molecule has 0 N–H and O–H groups in total. The maximum atomic E-state index is 2.45. The molecule has 0 radical (unpaired) electrons. The van der Waals surface area contributed by atoms with Gasteiger partial charge in [0.1, 0.15) is 0 Å². The lowest BCUT2D eigenvalue weighted by atomic mass is 9.91. The largest absolute Gasteiger partial charge is 0.371 e. The zero-order valence-corrected chi connectivity index (χ0v) is 10.8. The third kappa shape index (κ3) is 2.13. The first kappa shape index (κ1) is 11.3. The molecule has 1 aromatic carbocycles. The van der Waals surface area contributed by atoms with Gasteiger partial charge >= 0.3 is 0 Å². The molecule has 1 aromatic rings. The molecule has 92 valence electrons. The molecule has 1 unspecified atom stereocenters. The molecule has 0 saturated heterocycles. The Morgan fingerprint density at radius 1 is 1.22 bits per heavy atom. The zero-order valence-electron chi connectivity index (χ0n) is 10.8. The highest BCUT2D eigenvalue weighted by atomic mass is 15.1. The fourth-order valence-corrected chi connectivity index (χ4v) is 2.84. The second-order valence-electron chi connectivity index (χ2n) is 5.10. The van der Waals surface area contributed by atoms with Crippen molar-refractivity contribution in [2.45, 2.75) is 25.3 Å². The van der Waals surface area contributed by atoms with E-state index in [-0.39, 0.29) is 0 Å². The van der Waals surface area contributed by atoms with Gasteiger partial charge in [0.2, 0.25) is 0 Å². The number of rotatable bonds is 2. The number of likely N-dealkylation sites (N-methyl/N-ethyl adjacent to an activating group) is 1. The Balaban J connectivity index is 1.80. The molecule has 1 aliphatic heterocycles. The van der Waals surface area contributed by atoms with Crippen LogP contribution >= 0.6 is 0 Å². The maximum absolute atomic E-state index is 2.45. The van der Waals surface area contributed by atoms with Gasteiger partial charge in [0.15, 0.2) is 0 Å². The van der Waals surface area contributed by atoms with Gasteiger partial charge in [-0.1, -0.05) is 48.6 Å². The summed E-state index contributed by atoms with van der Waals surface area (Å²) in [6, 6.07) is 11.4. The normalized spacial score (nSPS) is 22.3. The van der Waals surface area contributed by atoms with E-state index in [1.54, 1.807) is 0 Å². The predicted molar refractivity (Wildman–Crippen MR) is 76.2 cm³/mol. The SMILES string of the molecule is CN1C2=CC=CCC2=CCC1Cc1ccccc1. The summed E-state index contributed by atoms with van der Waals surface area (Å²) in [4.78, 5) is 2.45. The molecule has 1 nitrogen and oxygen atoms in total. The minimum Gasteiger partial charge on any atom is -0.371 e. The summed E-state index contributed by atoms with van der Waals surface area (Å²) in [5.74, 6) is 0. The van der Waals surface area contributed by atoms with Gasteiger partial charge in [-0.3, -0.25) is 0 Å². The Labute approximate surface area is 109 Å². The molecule has 18 heavy (non-hydrogen) atoms. The summed E-state index contributed by atoms with van der Waals surface area (Å²) < 4.78 is 0. The third-order valence-electron chi connectivity index (χ3n) is 3.94. The van der Waals surface area contributed by atoms with Crippen molar-refractivity contribution < 1.29 is 0 Å². The number of allylic oxidation sites excluding steroid dienone is 4. The molecule has 2 aliphatic rings. The Bertz CT molecular complexity index is 508. The van der Waals surface area contributed by atoms with E-state index < -0.39 is 0 Å². The summed E-state index contributed by atoms with van der Waals surface area (Å²) in [5.41, 5.74) is 4.33. The summed E-state index contributed by atoms with van der Waals surface area (Å²) in [5, 5.41) is 0. The standard InChI is InChI=1S/C17H19N/c1-18-16(13-14-7-3-2-4-8-14)12-11-15-9-5-6-10-17(15)18/h2-8,10-11,16H,9,12-13H2,1H3. The van der Waals surface area contributed by atoms with Crippen molar-refractivity contribution in [3.05, 3.63) is 71.5 Å². The van der Waals surface area contributed by atoms with E-state index in [0.717, 1.165) is 19.3 Å². The predicted octanol–water partition coefficient (Wildman–Crippen LogP) is 3.70. The molecule has 1 atom stereocenters. The maximum Gasteiger partial charge on any atom is 0.0398 e. The molecule has 0 saturated carbocycles. The van der Waals surface area contributed by atoms with Crippen LogP contribution in [-0.4, -0.2) is 18.0 Å². The van der Waals surface area contributed by atoms with E-state index in [4.69, 9.17) is 0 Å². The molecule has 0 aromatic heterocycles. The molecule has 0 spiro atoms. The molecule has 1 heteroatoms. The Kier molecular flexibility index (Phi) is 3.06. The van der Waals surface area contributed by atoms with Crippen molar-refractivity contribution >= 4 is 0 Å². The van der Waals surface area contributed by atoms with Crippen LogP contribution in [0.3, 0.4) is 0 Å². The van der Waals surface area contributed by atoms with E-state index in [9.17, 15) is 0 Å². The molecule has 1 aliphatic carbocycles. The van der Waals surface area contributed by atoms with Gasteiger partial charge in [-0.25, -0.2) is 0 Å². The van der Waals surface area contributed by atoms with Crippen LogP contribution in [0.1, 0.15) is 18.4 Å². The molecule has 1 heterocycles. The van der Waals surface area contributed by atoms with Crippen LogP contribution in [0.25, 0.3) is 0 Å². The zero-order chi connectivity index (χ0) is 12.4. The quantitative estimate of drug-likeness (QED) is 0.758. The Morgan fingerprint density at radius 3 is 2.89 bits per heavy atom. The first-order valence-electron chi connectivity index (χ1n) is 6.67. The smallest absolute Gasteiger partial charge is 0.0398 e. The summed E-state index contributed by atoms with van der Waals surface area (Å²) in [6.07, 6.45) is 12.5. The first-order valence-corrected chi connectivity index (χ1v) is 6.67. The number of nitrogens with zero attached hydrogens (tertiary/aromatic N) is 1. The minimum absolute atomic E-state index is 0.592. The van der Waals surface area contributed by atoms with Crippen LogP contribution in [-0.2, 0) is 6.42 Å². The first-order chi connectivity index (χ1) is 8.84. The van der Waals surface area contributed by atoms with Gasteiger partial charge < -0.3 is 4.90 Å². The van der Waals surface area contributed by atoms with Gasteiger partial charge in [-0.2, -0.15) is 0 Å². The van der Waals surface area contributed by atoms with E-state index in [2.05, 4.69) is 66.6 Å². The van der Waals surface area contributed by atoms with Gasteiger partial charge in [-0.05, 0) is 36.5 Å². The highest BCUT2D eigenvalue weighted by Crippen LogP contribution is 2.31. The van der Waals surface area contributed by atoms with Crippen molar-refractivity contribution in [3.63, 3.8) is 0 Å². The van der Waals surface area contributed by atoms with Gasteiger partial charge in [0.05, 0.1) is 0 Å². The lowest BCUT2D eigenvalue weighted by Gasteiger charge is -2.37. The Hall–Kier alpha value is -1.76. The summed E-state index contributed by atoms with van der Waals surface area (Å²) in [6.45, 7) is 0. The lowest BCUT2D eigenvalue weighted by Crippen LogP contribution is -2.36. The van der Waals surface area contributed by atoms with Crippen molar-refractivity contribution in [1.29, 1.82) is 0 Å². The number of hydrogen-bond donors (Lipinski definition) is 0. The van der Waals surface area contributed by atoms with Crippen molar-refractivity contribution in [2.24, 2.45) is 0 Å². The van der Waals surface area contributed by atoms with Crippen LogP contribution < -0.4 is 0 Å². The van der Waals surface area contributed by atoms with E-state index >= 15 is 0 Å². The lowest BCUT2D eigenvalue weighted by molar-refractivity contribution is 0.294. The molecule has 0 fully saturated rings. The minimum atomic E-state index is 0.592. The van der Waals surface area contributed by atoms with E-state index in [0.29, 0.717) is 6.04 Å². The molecule has 0 amide bonds. The van der Waals surface area contributed by atoms with Crippen molar-refractivity contribution in [1.82, 2.24) is 4.90 Å². The van der Waals surface area contributed by atoms with Gasteiger partial charge in [0.25, 0.3) is 0 Å². The highest BCUT2D eigenvalue weighted by Gasteiger charge is 2.23. The van der Waals surface area contributed by atoms with Crippen LogP contribution in [0, 0.1) is 0 Å². The van der Waals surface area contributed by atoms with E-state index in [1.807, 2.05) is 0 Å². The van der Waals surface area contributed by atoms with Crippen molar-refractivity contribution in [3.8, 4) is 0 Å². The van der Waals surface area contributed by atoms with E-state index in [1.165, 1.54) is 16.8 Å². The molecule has 3 rings (SSSR count). The fraction of sp³-hybridized carbons (Fsp3) is 0.294. The van der Waals surface area contributed by atoms with Crippen LogP contribution in [0.4, 0.5) is 0 Å². The Morgan fingerprint density at radius 2 is 2.06 bits per heavy atom. The summed E-state index contributed by atoms with van der Waals surface area (Å²) in [7, 11) is 2.23. The number of fused-ring (bicyclic) bond motifs is 1. The second-order valence-corrected chi connectivity index (χ2v) is 5.10. The third-order valence-corrected chi connectivity index (χ3v) is 3.94. The van der Waals surface area contributed by atoms with Crippen LogP contribution in [0.15, 0.2) is 65.9 Å². The molecular formula is C17H19N. The highest BCUT2D eigenvalue weighted by molar-refractivity contribution is 5.40. The topological polar surface area (TPSA) is 3.24 Å². The number of benzene rings is 1. The van der Waals surface area contributed by atoms with Gasteiger partial charge in [0, 0.05) is 18.8 Å². The molecule has 0 bridgehead atoms. The van der Waals surface area contributed by atoms with Gasteiger partial charge in [-0.15, -0.1) is 0 Å². The fourth-order valence-electron chi connectivity index (χ4n) is 2.84. The van der Waals surface area contributed by atoms with Crippen molar-refractivity contribution in [2.75, 3.05) is 7.05 Å². The average Bonchev–Trinajstić information content (AvgIpc) is 2.43. The average molecular weight is 237 g/mol. The van der Waals surface area contributed by atoms with Crippen LogP contribution in [0.5, 0.6) is 0 Å². The summed E-state index contributed by atoms with van der Waals surface area (Å²) >= 11 is 0. The van der Waals surface area contributed by atoms with Crippen LogP contribution in [0.2, 0.25) is 0 Å². The second kappa shape index (κ2) is 4.85. The monoisotopic (exact) mass is 237 g/mol.